The van der Waals surface area contributed by atoms with Gasteiger partial charge in [-0.1, -0.05) is 24.6 Å². The Morgan fingerprint density at radius 1 is 1.30 bits per heavy atom. The second-order valence-corrected chi connectivity index (χ2v) is 6.25. The lowest BCUT2D eigenvalue weighted by atomic mass is 10.1. The molecule has 20 heavy (non-hydrogen) atoms. The maximum Gasteiger partial charge on any atom is 0.0755 e. The number of nitrogens with zero attached hydrogens (tertiary/aromatic N) is 1. The van der Waals surface area contributed by atoms with Crippen LogP contribution in [0.3, 0.4) is 0 Å². The van der Waals surface area contributed by atoms with Crippen LogP contribution in [0.15, 0.2) is 18.2 Å². The molecule has 1 aromatic rings. The van der Waals surface area contributed by atoms with Crippen molar-refractivity contribution in [3.8, 4) is 0 Å². The van der Waals surface area contributed by atoms with Gasteiger partial charge in [0.05, 0.1) is 12.2 Å². The minimum atomic E-state index is 0.407. The molecule has 0 amide bonds. The van der Waals surface area contributed by atoms with Crippen LogP contribution in [0, 0.1) is 0 Å². The molecule has 2 aliphatic rings. The first-order valence-corrected chi connectivity index (χ1v) is 8.03. The Labute approximate surface area is 126 Å². The van der Waals surface area contributed by atoms with Crippen molar-refractivity contribution < 1.29 is 4.74 Å². The predicted molar refractivity (Wildman–Crippen MR) is 83.6 cm³/mol. The standard InChI is InChI=1S/C16H23ClN2O/c1-2-7-18-9-12-3-4-13(17)8-16(12)19-10-14-5-6-15(11-19)20-14/h3-4,8,14-15,18H,2,5-7,9-11H2,1H3. The van der Waals surface area contributed by atoms with E-state index in [1.54, 1.807) is 0 Å². The van der Waals surface area contributed by atoms with E-state index in [-0.39, 0.29) is 0 Å². The van der Waals surface area contributed by atoms with Gasteiger partial charge in [0, 0.05) is 30.3 Å². The van der Waals surface area contributed by atoms with Gasteiger partial charge in [-0.05, 0) is 43.5 Å². The van der Waals surface area contributed by atoms with Crippen LogP contribution in [0.5, 0.6) is 0 Å². The topological polar surface area (TPSA) is 24.5 Å². The predicted octanol–water partition coefficient (Wildman–Crippen LogP) is 3.21. The molecule has 2 saturated heterocycles. The van der Waals surface area contributed by atoms with Gasteiger partial charge >= 0.3 is 0 Å². The van der Waals surface area contributed by atoms with Crippen LogP contribution >= 0.6 is 11.6 Å². The highest BCUT2D eigenvalue weighted by molar-refractivity contribution is 6.30. The number of rotatable bonds is 5. The van der Waals surface area contributed by atoms with E-state index in [1.165, 1.54) is 24.1 Å². The summed E-state index contributed by atoms with van der Waals surface area (Å²) >= 11 is 6.21. The summed E-state index contributed by atoms with van der Waals surface area (Å²) in [6, 6.07) is 6.25. The third kappa shape index (κ3) is 3.11. The smallest absolute Gasteiger partial charge is 0.0755 e. The zero-order valence-corrected chi connectivity index (χ0v) is 12.8. The first-order valence-electron chi connectivity index (χ1n) is 7.66. The van der Waals surface area contributed by atoms with Gasteiger partial charge in [0.25, 0.3) is 0 Å². The van der Waals surface area contributed by atoms with E-state index in [1.807, 2.05) is 6.07 Å². The molecule has 0 aliphatic carbocycles. The summed E-state index contributed by atoms with van der Waals surface area (Å²) in [4.78, 5) is 2.46. The summed E-state index contributed by atoms with van der Waals surface area (Å²) in [5.74, 6) is 0. The molecule has 4 heteroatoms. The maximum atomic E-state index is 6.21. The van der Waals surface area contributed by atoms with Crippen LogP contribution in [0.25, 0.3) is 0 Å². The van der Waals surface area contributed by atoms with Crippen LogP contribution in [-0.2, 0) is 11.3 Å². The van der Waals surface area contributed by atoms with Crippen LogP contribution in [-0.4, -0.2) is 31.8 Å². The lowest BCUT2D eigenvalue weighted by Crippen LogP contribution is -2.43. The van der Waals surface area contributed by atoms with E-state index in [0.29, 0.717) is 12.2 Å². The minimum absolute atomic E-state index is 0.407. The third-order valence-electron chi connectivity index (χ3n) is 4.17. The second-order valence-electron chi connectivity index (χ2n) is 5.81. The fraction of sp³-hybridized carbons (Fsp3) is 0.625. The van der Waals surface area contributed by atoms with E-state index in [9.17, 15) is 0 Å². The van der Waals surface area contributed by atoms with E-state index in [2.05, 4.69) is 29.3 Å². The molecular weight excluding hydrogens is 272 g/mol. The largest absolute Gasteiger partial charge is 0.371 e. The maximum absolute atomic E-state index is 6.21. The highest BCUT2D eigenvalue weighted by atomic mass is 35.5. The molecule has 0 spiro atoms. The van der Waals surface area contributed by atoms with Gasteiger partial charge in [-0.15, -0.1) is 0 Å². The molecule has 3 rings (SSSR count). The van der Waals surface area contributed by atoms with Crippen molar-refractivity contribution in [3.63, 3.8) is 0 Å². The summed E-state index contributed by atoms with van der Waals surface area (Å²) in [7, 11) is 0. The molecule has 1 N–H and O–H groups in total. The molecule has 2 fully saturated rings. The van der Waals surface area contributed by atoms with Gasteiger partial charge in [0.2, 0.25) is 0 Å². The molecule has 2 bridgehead atoms. The fourth-order valence-corrected chi connectivity index (χ4v) is 3.36. The first-order chi connectivity index (χ1) is 9.76. The Kier molecular flexibility index (Phi) is 4.49. The number of morpholine rings is 1. The van der Waals surface area contributed by atoms with Crippen molar-refractivity contribution in [3.05, 3.63) is 28.8 Å². The number of ether oxygens (including phenoxy) is 1. The average Bonchev–Trinajstić information content (AvgIpc) is 2.79. The van der Waals surface area contributed by atoms with Crippen LogP contribution in [0.4, 0.5) is 5.69 Å². The molecule has 3 nitrogen and oxygen atoms in total. The van der Waals surface area contributed by atoms with Gasteiger partial charge in [0.1, 0.15) is 0 Å². The number of hydrogen-bond acceptors (Lipinski definition) is 3. The molecular formula is C16H23ClN2O. The number of halogens is 1. The van der Waals surface area contributed by atoms with Gasteiger partial charge in [0.15, 0.2) is 0 Å². The summed E-state index contributed by atoms with van der Waals surface area (Å²) in [5.41, 5.74) is 2.62. The Morgan fingerprint density at radius 2 is 2.05 bits per heavy atom. The van der Waals surface area contributed by atoms with E-state index < -0.39 is 0 Å². The normalized spacial score (nSPS) is 25.2. The lowest BCUT2D eigenvalue weighted by Gasteiger charge is -2.35. The molecule has 2 atom stereocenters. The Balaban J connectivity index is 1.78. The highest BCUT2D eigenvalue weighted by Crippen LogP contribution is 2.32. The molecule has 2 unspecified atom stereocenters. The zero-order chi connectivity index (χ0) is 13.9. The molecule has 0 saturated carbocycles. The van der Waals surface area contributed by atoms with Crippen molar-refractivity contribution >= 4 is 17.3 Å². The third-order valence-corrected chi connectivity index (χ3v) is 4.41. The molecule has 2 aliphatic heterocycles. The molecule has 1 aromatic carbocycles. The SMILES string of the molecule is CCCNCc1ccc(Cl)cc1N1CC2CCC(C1)O2. The lowest BCUT2D eigenvalue weighted by molar-refractivity contribution is 0.0304. The van der Waals surface area contributed by atoms with Gasteiger partial charge < -0.3 is 15.0 Å². The Hall–Kier alpha value is -0.770. The van der Waals surface area contributed by atoms with Crippen molar-refractivity contribution in [1.82, 2.24) is 5.32 Å². The van der Waals surface area contributed by atoms with Crippen molar-refractivity contribution in [2.24, 2.45) is 0 Å². The van der Waals surface area contributed by atoms with E-state index in [0.717, 1.165) is 37.6 Å². The summed E-state index contributed by atoms with van der Waals surface area (Å²) in [6.45, 7) is 6.15. The molecule has 110 valence electrons. The first kappa shape index (κ1) is 14.2. The number of hydrogen-bond donors (Lipinski definition) is 1. The average molecular weight is 295 g/mol. The number of anilines is 1. The van der Waals surface area contributed by atoms with E-state index >= 15 is 0 Å². The van der Waals surface area contributed by atoms with Gasteiger partial charge in [-0.3, -0.25) is 0 Å². The summed E-state index contributed by atoms with van der Waals surface area (Å²) in [5, 5.41) is 4.31. The van der Waals surface area contributed by atoms with Crippen LogP contribution < -0.4 is 10.2 Å². The van der Waals surface area contributed by atoms with Crippen molar-refractivity contribution in [1.29, 1.82) is 0 Å². The number of fused-ring (bicyclic) bond motifs is 2. The monoisotopic (exact) mass is 294 g/mol. The van der Waals surface area contributed by atoms with Crippen molar-refractivity contribution in [2.45, 2.75) is 44.9 Å². The molecule has 0 aromatic heterocycles. The highest BCUT2D eigenvalue weighted by Gasteiger charge is 2.34. The molecule has 2 heterocycles. The Bertz CT molecular complexity index is 454. The quantitative estimate of drug-likeness (QED) is 0.844. The fourth-order valence-electron chi connectivity index (χ4n) is 3.19. The Morgan fingerprint density at radius 3 is 2.75 bits per heavy atom. The summed E-state index contributed by atoms with van der Waals surface area (Å²) < 4.78 is 5.93. The molecule has 0 radical (unpaired) electrons. The summed E-state index contributed by atoms with van der Waals surface area (Å²) in [6.07, 6.45) is 4.37. The van der Waals surface area contributed by atoms with Crippen LogP contribution in [0.1, 0.15) is 31.7 Å². The number of benzene rings is 1. The minimum Gasteiger partial charge on any atom is -0.371 e. The number of nitrogens with one attached hydrogen (secondary N) is 1. The van der Waals surface area contributed by atoms with Gasteiger partial charge in [-0.2, -0.15) is 0 Å². The van der Waals surface area contributed by atoms with Crippen LogP contribution in [0.2, 0.25) is 5.02 Å². The second kappa shape index (κ2) is 6.33. The zero-order valence-electron chi connectivity index (χ0n) is 12.1. The van der Waals surface area contributed by atoms with E-state index in [4.69, 9.17) is 16.3 Å². The van der Waals surface area contributed by atoms with Crippen molar-refractivity contribution in [2.75, 3.05) is 24.5 Å². The van der Waals surface area contributed by atoms with Gasteiger partial charge in [-0.25, -0.2) is 0 Å².